The lowest BCUT2D eigenvalue weighted by molar-refractivity contribution is -0.147. The minimum absolute atomic E-state index is 0.212. The first-order valence-electron chi connectivity index (χ1n) is 15.4. The van der Waals surface area contributed by atoms with Gasteiger partial charge in [0, 0.05) is 16.9 Å². The SMILES string of the molecule is O=C(N[C@H]1CCCC[C@H]2CC[C@@H](C(=O)N3C(=O)N(c4cccnc4)C(=O)C34CC4)N2C1=O)c1cc2cc(C(F)P(=O)(O)O)ccc2s1. The first-order valence-corrected chi connectivity index (χ1v) is 17.9. The normalized spacial score (nSPS) is 24.8. The van der Waals surface area contributed by atoms with Gasteiger partial charge in [-0.3, -0.25) is 28.7 Å². The molecule has 4 aliphatic rings. The van der Waals surface area contributed by atoms with Crippen molar-refractivity contribution in [2.75, 3.05) is 4.90 Å². The zero-order valence-corrected chi connectivity index (χ0v) is 26.7. The van der Waals surface area contributed by atoms with Crippen molar-refractivity contribution in [3.63, 3.8) is 0 Å². The molecule has 16 heteroatoms. The number of nitrogens with zero attached hydrogens (tertiary/aromatic N) is 4. The third-order valence-electron chi connectivity index (χ3n) is 9.52. The van der Waals surface area contributed by atoms with Crippen LogP contribution in [-0.2, 0) is 18.9 Å². The van der Waals surface area contributed by atoms with Gasteiger partial charge in [0.05, 0.1) is 16.8 Å². The molecule has 3 N–H and O–H groups in total. The Kier molecular flexibility index (Phi) is 7.78. The second-order valence-electron chi connectivity index (χ2n) is 12.5. The van der Waals surface area contributed by atoms with Gasteiger partial charge in [-0.25, -0.2) is 19.0 Å². The van der Waals surface area contributed by atoms with Crippen LogP contribution in [0.1, 0.15) is 72.5 Å². The predicted molar refractivity (Wildman–Crippen MR) is 167 cm³/mol. The summed E-state index contributed by atoms with van der Waals surface area (Å²) in [6, 6.07) is 5.71. The number of hydrogen-bond acceptors (Lipinski definition) is 8. The number of thiophene rings is 1. The molecule has 3 saturated heterocycles. The number of fused-ring (bicyclic) bond motifs is 2. The van der Waals surface area contributed by atoms with Crippen LogP contribution in [0.25, 0.3) is 10.1 Å². The molecule has 1 unspecified atom stereocenters. The Bertz CT molecular complexity index is 1860. The standard InChI is InChI=1S/C31H31FN5O8PS/c32-25(46(43,44)45)17-7-10-23-18(14-17)15-24(47-23)26(38)34-21-6-2-1-4-19-8-9-22(35(19)27(21)39)28(40)37-30(42)36(20-5-3-13-33-16-20)29(41)31(37)11-12-31/h3,5,7,10,13-16,19,21-22,25H,1-2,4,6,8-9,11-12H2,(H,34,38)(H2,43,44,45)/t19-,21-,22-,25?/m0/s1. The van der Waals surface area contributed by atoms with Gasteiger partial charge in [-0.05, 0) is 79.8 Å². The fourth-order valence-corrected chi connectivity index (χ4v) is 8.55. The summed E-state index contributed by atoms with van der Waals surface area (Å²) in [5.74, 6) is -4.57. The van der Waals surface area contributed by atoms with Crippen molar-refractivity contribution in [2.45, 2.75) is 80.9 Å². The minimum atomic E-state index is -5.02. The fourth-order valence-electron chi connectivity index (χ4n) is 7.05. The molecule has 246 valence electrons. The Morgan fingerprint density at radius 2 is 1.83 bits per heavy atom. The van der Waals surface area contributed by atoms with Gasteiger partial charge < -0.3 is 20.0 Å². The van der Waals surface area contributed by atoms with Gasteiger partial charge in [0.15, 0.2) is 0 Å². The van der Waals surface area contributed by atoms with Crippen LogP contribution in [0.5, 0.6) is 0 Å². The number of anilines is 1. The van der Waals surface area contributed by atoms with Crippen molar-refractivity contribution < 1.29 is 42.7 Å². The van der Waals surface area contributed by atoms with Crippen molar-refractivity contribution in [3.8, 4) is 0 Å². The maximum absolute atomic E-state index is 14.3. The molecule has 1 saturated carbocycles. The third-order valence-corrected chi connectivity index (χ3v) is 11.5. The Balaban J connectivity index is 1.12. The largest absolute Gasteiger partial charge is 0.363 e. The van der Waals surface area contributed by atoms with Gasteiger partial charge >= 0.3 is 13.6 Å². The minimum Gasteiger partial charge on any atom is -0.340 e. The van der Waals surface area contributed by atoms with E-state index in [0.29, 0.717) is 55.0 Å². The van der Waals surface area contributed by atoms with Crippen molar-refractivity contribution >= 4 is 64.4 Å². The highest BCUT2D eigenvalue weighted by molar-refractivity contribution is 7.51. The number of urea groups is 1. The number of carbonyl (C=O) groups excluding carboxylic acids is 5. The van der Waals surface area contributed by atoms with Gasteiger partial charge in [-0.2, -0.15) is 0 Å². The Morgan fingerprint density at radius 3 is 2.53 bits per heavy atom. The quantitative estimate of drug-likeness (QED) is 0.256. The van der Waals surface area contributed by atoms with Crippen molar-refractivity contribution in [2.24, 2.45) is 0 Å². The van der Waals surface area contributed by atoms with Crippen LogP contribution in [0.3, 0.4) is 0 Å². The van der Waals surface area contributed by atoms with E-state index in [1.807, 2.05) is 0 Å². The number of imide groups is 2. The van der Waals surface area contributed by atoms with Crippen LogP contribution in [0.2, 0.25) is 0 Å². The van der Waals surface area contributed by atoms with E-state index in [2.05, 4.69) is 10.3 Å². The number of halogens is 1. The van der Waals surface area contributed by atoms with Crippen LogP contribution in [0.15, 0.2) is 48.8 Å². The molecule has 5 heterocycles. The second-order valence-corrected chi connectivity index (χ2v) is 15.2. The molecular formula is C31H31FN5O8PS. The number of hydrogen-bond donors (Lipinski definition) is 3. The summed E-state index contributed by atoms with van der Waals surface area (Å²) < 4.78 is 26.3. The van der Waals surface area contributed by atoms with Crippen molar-refractivity contribution in [1.29, 1.82) is 0 Å². The summed E-state index contributed by atoms with van der Waals surface area (Å²) >= 11 is 1.09. The lowest BCUT2D eigenvalue weighted by Gasteiger charge is -2.36. The molecule has 1 aliphatic carbocycles. The predicted octanol–water partition coefficient (Wildman–Crippen LogP) is 4.00. The van der Waals surface area contributed by atoms with E-state index in [-0.39, 0.29) is 22.2 Å². The number of carbonyl (C=O) groups is 5. The van der Waals surface area contributed by atoms with Gasteiger partial charge in [-0.15, -0.1) is 11.3 Å². The number of aromatic nitrogens is 1. The Labute approximate surface area is 271 Å². The average Bonchev–Trinajstić information content (AvgIpc) is 3.44. The van der Waals surface area contributed by atoms with E-state index in [1.165, 1.54) is 41.6 Å². The number of amides is 6. The highest BCUT2D eigenvalue weighted by Gasteiger charge is 2.68. The lowest BCUT2D eigenvalue weighted by Crippen LogP contribution is -2.58. The molecule has 4 atom stereocenters. The summed E-state index contributed by atoms with van der Waals surface area (Å²) in [4.78, 5) is 95.0. The Hall–Kier alpha value is -4.04. The summed E-state index contributed by atoms with van der Waals surface area (Å²) in [7, 11) is -5.02. The molecule has 13 nitrogen and oxygen atoms in total. The van der Waals surface area contributed by atoms with E-state index >= 15 is 0 Å². The molecule has 1 aromatic carbocycles. The van der Waals surface area contributed by atoms with E-state index in [9.17, 15) is 42.7 Å². The fraction of sp³-hybridized carbons (Fsp3) is 0.419. The molecule has 4 fully saturated rings. The smallest absolute Gasteiger partial charge is 0.340 e. The zero-order chi connectivity index (χ0) is 33.2. The second kappa shape index (κ2) is 11.6. The topological polar surface area (TPSA) is 178 Å². The van der Waals surface area contributed by atoms with E-state index < -0.39 is 60.8 Å². The van der Waals surface area contributed by atoms with E-state index in [0.717, 1.165) is 27.6 Å². The van der Waals surface area contributed by atoms with E-state index in [4.69, 9.17) is 0 Å². The van der Waals surface area contributed by atoms with Crippen LogP contribution >= 0.6 is 18.9 Å². The zero-order valence-electron chi connectivity index (χ0n) is 25.0. The molecule has 2 aromatic heterocycles. The summed E-state index contributed by atoms with van der Waals surface area (Å²) in [6.45, 7) is 0. The number of pyridine rings is 1. The summed E-state index contributed by atoms with van der Waals surface area (Å²) in [5.41, 5.74) is -1.21. The number of rotatable bonds is 6. The molecule has 47 heavy (non-hydrogen) atoms. The Morgan fingerprint density at radius 1 is 1.06 bits per heavy atom. The highest BCUT2D eigenvalue weighted by Crippen LogP contribution is 2.53. The highest BCUT2D eigenvalue weighted by atomic mass is 32.1. The average molecular weight is 684 g/mol. The van der Waals surface area contributed by atoms with Crippen molar-refractivity contribution in [1.82, 2.24) is 20.1 Å². The molecule has 0 bridgehead atoms. The summed E-state index contributed by atoms with van der Waals surface area (Å²) in [6.07, 6.45) is 6.86. The maximum Gasteiger partial charge on any atom is 0.363 e. The van der Waals surface area contributed by atoms with Gasteiger partial charge in [-0.1, -0.05) is 18.9 Å². The van der Waals surface area contributed by atoms with Crippen molar-refractivity contribution in [3.05, 3.63) is 59.2 Å². The number of alkyl halides is 1. The van der Waals surface area contributed by atoms with Gasteiger partial charge in [0.1, 0.15) is 17.6 Å². The van der Waals surface area contributed by atoms with E-state index in [1.54, 1.807) is 12.1 Å². The number of benzene rings is 1. The monoisotopic (exact) mass is 683 g/mol. The number of nitrogens with one attached hydrogen (secondary N) is 1. The van der Waals surface area contributed by atoms with Gasteiger partial charge in [0.25, 0.3) is 17.7 Å². The summed E-state index contributed by atoms with van der Waals surface area (Å²) in [5, 5.41) is 3.23. The molecule has 0 radical (unpaired) electrons. The maximum atomic E-state index is 14.3. The first kappa shape index (κ1) is 31.6. The van der Waals surface area contributed by atoms with Crippen LogP contribution < -0.4 is 10.2 Å². The van der Waals surface area contributed by atoms with Crippen LogP contribution in [-0.4, -0.2) is 77.9 Å². The molecular weight excluding hydrogens is 652 g/mol. The third kappa shape index (κ3) is 5.35. The van der Waals surface area contributed by atoms with Crippen LogP contribution in [0, 0.1) is 0 Å². The molecule has 6 amide bonds. The molecule has 3 aromatic rings. The molecule has 7 rings (SSSR count). The molecule has 1 spiro atoms. The molecule has 3 aliphatic heterocycles. The van der Waals surface area contributed by atoms with Crippen LogP contribution in [0.4, 0.5) is 14.9 Å². The first-order chi connectivity index (χ1) is 22.4. The lowest BCUT2D eigenvalue weighted by atomic mass is 9.99. The van der Waals surface area contributed by atoms with Gasteiger partial charge in [0.2, 0.25) is 11.8 Å².